The maximum absolute atomic E-state index is 12.5. The predicted octanol–water partition coefficient (Wildman–Crippen LogP) is 1.23. The highest BCUT2D eigenvalue weighted by Crippen LogP contribution is 2.17. The third kappa shape index (κ3) is 3.89. The van der Waals surface area contributed by atoms with Crippen molar-refractivity contribution in [2.75, 3.05) is 51.6 Å². The van der Waals surface area contributed by atoms with Gasteiger partial charge < -0.3 is 9.80 Å². The van der Waals surface area contributed by atoms with Gasteiger partial charge in [0.05, 0.1) is 0 Å². The number of likely N-dealkylation sites (N-methyl/N-ethyl adjacent to an activating group) is 1. The van der Waals surface area contributed by atoms with Crippen LogP contribution in [0, 0.1) is 0 Å². The number of aryl methyl sites for hydroxylation is 2. The number of piperazine rings is 1. The number of nitrogens with zero attached hydrogens (tertiary/aromatic N) is 5. The molecular weight excluding hydrogens is 304 g/mol. The minimum atomic E-state index is -0.0313. The summed E-state index contributed by atoms with van der Waals surface area (Å²) in [5, 5.41) is 7.29. The summed E-state index contributed by atoms with van der Waals surface area (Å²) in [6.45, 7) is 7.97. The number of hydrogen-bond acceptors (Lipinski definition) is 4. The topological polar surface area (TPSA) is 56.6 Å². The van der Waals surface area contributed by atoms with E-state index in [1.54, 1.807) is 0 Å². The van der Waals surface area contributed by atoms with E-state index in [0.717, 1.165) is 44.8 Å². The smallest absolute Gasteiger partial charge is 0.322 e. The summed E-state index contributed by atoms with van der Waals surface area (Å²) in [6.07, 6.45) is 3.47. The quantitative estimate of drug-likeness (QED) is 0.903. The van der Waals surface area contributed by atoms with Crippen molar-refractivity contribution in [2.45, 2.75) is 32.2 Å². The number of likely N-dealkylation sites (tertiary alicyclic amines) is 1. The molecular formula is C17H30N6O. The average Bonchev–Trinajstić information content (AvgIpc) is 2.94. The second kappa shape index (κ2) is 7.53. The molecule has 1 N–H and O–H groups in total. The van der Waals surface area contributed by atoms with Gasteiger partial charge in [0.1, 0.15) is 0 Å². The fourth-order valence-electron chi connectivity index (χ4n) is 3.81. The molecule has 7 heteroatoms. The molecule has 2 fully saturated rings. The molecule has 0 radical (unpaired) electrons. The van der Waals surface area contributed by atoms with E-state index in [1.165, 1.54) is 19.4 Å². The summed E-state index contributed by atoms with van der Waals surface area (Å²) in [4.78, 5) is 19.3. The molecule has 2 amide bonds. The number of carbonyl (C=O) groups is 1. The first-order valence-electron chi connectivity index (χ1n) is 9.08. The molecule has 24 heavy (non-hydrogen) atoms. The van der Waals surface area contributed by atoms with E-state index < -0.39 is 0 Å². The van der Waals surface area contributed by atoms with Crippen LogP contribution >= 0.6 is 0 Å². The Morgan fingerprint density at radius 2 is 2.00 bits per heavy atom. The molecule has 2 saturated heterocycles. The van der Waals surface area contributed by atoms with Gasteiger partial charge in [0.25, 0.3) is 0 Å². The Morgan fingerprint density at radius 1 is 1.25 bits per heavy atom. The van der Waals surface area contributed by atoms with Crippen molar-refractivity contribution in [2.24, 2.45) is 7.05 Å². The van der Waals surface area contributed by atoms with E-state index >= 15 is 0 Å². The van der Waals surface area contributed by atoms with Crippen LogP contribution in [-0.4, -0.2) is 82.9 Å². The summed E-state index contributed by atoms with van der Waals surface area (Å²) in [6, 6.07) is 2.57. The van der Waals surface area contributed by atoms with E-state index in [0.29, 0.717) is 11.9 Å². The van der Waals surface area contributed by atoms with Crippen LogP contribution in [0.4, 0.5) is 10.6 Å². The number of rotatable bonds is 3. The molecule has 0 aromatic carbocycles. The second-order valence-corrected chi connectivity index (χ2v) is 7.01. The molecule has 1 aromatic rings. The number of carbonyl (C=O) groups excluding carboxylic acids is 1. The SMILES string of the molecule is CCc1cc(NC(=O)N2CCN(C3CCCN(C)C3)CC2)nn1C. The van der Waals surface area contributed by atoms with Crippen molar-refractivity contribution in [3.05, 3.63) is 11.8 Å². The molecule has 1 atom stereocenters. The van der Waals surface area contributed by atoms with Crippen LogP contribution in [0.3, 0.4) is 0 Å². The molecule has 0 aliphatic carbocycles. The summed E-state index contributed by atoms with van der Waals surface area (Å²) in [5.74, 6) is 0.649. The molecule has 3 heterocycles. The van der Waals surface area contributed by atoms with Gasteiger partial charge in [0.2, 0.25) is 0 Å². The molecule has 2 aliphatic rings. The lowest BCUT2D eigenvalue weighted by molar-refractivity contribution is 0.0717. The Morgan fingerprint density at radius 3 is 2.62 bits per heavy atom. The summed E-state index contributed by atoms with van der Waals surface area (Å²) < 4.78 is 1.83. The zero-order valence-electron chi connectivity index (χ0n) is 15.2. The Kier molecular flexibility index (Phi) is 5.40. The molecule has 1 aromatic heterocycles. The van der Waals surface area contributed by atoms with Gasteiger partial charge in [-0.25, -0.2) is 4.79 Å². The number of piperidine rings is 1. The first-order chi connectivity index (χ1) is 11.6. The minimum Gasteiger partial charge on any atom is -0.322 e. The number of amides is 2. The van der Waals surface area contributed by atoms with Crippen molar-refractivity contribution < 1.29 is 4.79 Å². The average molecular weight is 334 g/mol. The van der Waals surface area contributed by atoms with Crippen LogP contribution in [0.25, 0.3) is 0 Å². The molecule has 0 spiro atoms. The monoisotopic (exact) mass is 334 g/mol. The van der Waals surface area contributed by atoms with Crippen LogP contribution in [0.5, 0.6) is 0 Å². The fraction of sp³-hybridized carbons (Fsp3) is 0.765. The van der Waals surface area contributed by atoms with E-state index in [-0.39, 0.29) is 6.03 Å². The minimum absolute atomic E-state index is 0.0313. The van der Waals surface area contributed by atoms with Gasteiger partial charge in [-0.3, -0.25) is 14.9 Å². The molecule has 1 unspecified atom stereocenters. The van der Waals surface area contributed by atoms with Crippen LogP contribution in [0.2, 0.25) is 0 Å². The van der Waals surface area contributed by atoms with Gasteiger partial charge in [-0.2, -0.15) is 5.10 Å². The third-order valence-corrected chi connectivity index (χ3v) is 5.29. The van der Waals surface area contributed by atoms with Crippen LogP contribution < -0.4 is 5.32 Å². The highest BCUT2D eigenvalue weighted by Gasteiger charge is 2.28. The zero-order valence-corrected chi connectivity index (χ0v) is 15.2. The van der Waals surface area contributed by atoms with E-state index in [9.17, 15) is 4.79 Å². The van der Waals surface area contributed by atoms with Gasteiger partial charge in [-0.15, -0.1) is 0 Å². The number of nitrogens with one attached hydrogen (secondary N) is 1. The van der Waals surface area contributed by atoms with Gasteiger partial charge in [0.15, 0.2) is 5.82 Å². The Bertz CT molecular complexity index is 563. The first kappa shape index (κ1) is 17.2. The van der Waals surface area contributed by atoms with Crippen molar-refractivity contribution in [1.82, 2.24) is 24.5 Å². The first-order valence-corrected chi connectivity index (χ1v) is 9.08. The molecule has 7 nitrogen and oxygen atoms in total. The normalized spacial score (nSPS) is 23.5. The Balaban J connectivity index is 1.49. The maximum Gasteiger partial charge on any atom is 0.323 e. The largest absolute Gasteiger partial charge is 0.323 e. The third-order valence-electron chi connectivity index (χ3n) is 5.29. The number of anilines is 1. The molecule has 2 aliphatic heterocycles. The van der Waals surface area contributed by atoms with E-state index in [2.05, 4.69) is 34.2 Å². The lowest BCUT2D eigenvalue weighted by Gasteiger charge is -2.42. The predicted molar refractivity (Wildman–Crippen MR) is 95.3 cm³/mol. The molecule has 0 saturated carbocycles. The summed E-state index contributed by atoms with van der Waals surface area (Å²) in [5.41, 5.74) is 1.12. The molecule has 3 rings (SSSR count). The van der Waals surface area contributed by atoms with E-state index in [4.69, 9.17) is 0 Å². The number of hydrogen-bond donors (Lipinski definition) is 1. The highest BCUT2D eigenvalue weighted by atomic mass is 16.2. The van der Waals surface area contributed by atoms with Gasteiger partial charge >= 0.3 is 6.03 Å². The van der Waals surface area contributed by atoms with Gasteiger partial charge in [-0.05, 0) is 32.9 Å². The van der Waals surface area contributed by atoms with Crippen LogP contribution in [0.1, 0.15) is 25.5 Å². The second-order valence-electron chi connectivity index (χ2n) is 7.01. The maximum atomic E-state index is 12.5. The lowest BCUT2D eigenvalue weighted by atomic mass is 10.0. The molecule has 134 valence electrons. The van der Waals surface area contributed by atoms with Crippen LogP contribution in [-0.2, 0) is 13.5 Å². The van der Waals surface area contributed by atoms with Crippen molar-refractivity contribution >= 4 is 11.8 Å². The highest BCUT2D eigenvalue weighted by molar-refractivity contribution is 5.88. The number of aromatic nitrogens is 2. The fourth-order valence-corrected chi connectivity index (χ4v) is 3.81. The van der Waals surface area contributed by atoms with Crippen molar-refractivity contribution in [1.29, 1.82) is 0 Å². The summed E-state index contributed by atoms with van der Waals surface area (Å²) >= 11 is 0. The number of urea groups is 1. The van der Waals surface area contributed by atoms with Crippen molar-refractivity contribution in [3.8, 4) is 0 Å². The summed E-state index contributed by atoms with van der Waals surface area (Å²) in [7, 11) is 4.11. The van der Waals surface area contributed by atoms with Gasteiger partial charge in [-0.1, -0.05) is 6.92 Å². The standard InChI is InChI=1S/C17H30N6O/c1-4-14-12-16(19-21(14)3)18-17(24)23-10-8-22(9-11-23)15-6-5-7-20(2)13-15/h12,15H,4-11,13H2,1-3H3,(H,18,19,24). The van der Waals surface area contributed by atoms with Crippen molar-refractivity contribution in [3.63, 3.8) is 0 Å². The van der Waals surface area contributed by atoms with Gasteiger partial charge in [0, 0.05) is 57.6 Å². The molecule has 0 bridgehead atoms. The Labute approximate surface area is 144 Å². The zero-order chi connectivity index (χ0) is 17.1. The van der Waals surface area contributed by atoms with Crippen LogP contribution in [0.15, 0.2) is 6.07 Å². The Hall–Kier alpha value is -1.60. The van der Waals surface area contributed by atoms with E-state index in [1.807, 2.05) is 22.7 Å². The lowest BCUT2D eigenvalue weighted by Crippen LogP contribution is -2.56.